The molecule has 0 spiro atoms. The molecule has 0 atom stereocenters. The molecule has 0 unspecified atom stereocenters. The molecule has 2 aromatic heterocycles. The molecule has 2 aromatic carbocycles. The van der Waals surface area contributed by atoms with Crippen molar-refractivity contribution in [3.8, 4) is 5.75 Å². The maximum Gasteiger partial charge on any atom is 0.115 e. The number of aryl methyl sites for hydroxylation is 1. The molecule has 4 heteroatoms. The second-order valence-electron chi connectivity index (χ2n) is 10.2. The number of rotatable bonds is 7. The summed E-state index contributed by atoms with van der Waals surface area (Å²) in [7, 11) is 0. The molecule has 0 bridgehead atoms. The minimum absolute atomic E-state index is 0.350. The number of H-pyrrole nitrogens is 2. The molecule has 0 aliphatic heterocycles. The monoisotopic (exact) mass is 461 g/mol. The van der Waals surface area contributed by atoms with E-state index >= 15 is 0 Å². The Morgan fingerprint density at radius 1 is 0.794 bits per heavy atom. The first kappa shape index (κ1) is 27.2. The predicted molar refractivity (Wildman–Crippen MR) is 145 cm³/mol. The number of para-hydroxylation sites is 1. The van der Waals surface area contributed by atoms with E-state index in [-0.39, 0.29) is 0 Å². The molecule has 34 heavy (non-hydrogen) atoms. The van der Waals surface area contributed by atoms with E-state index in [1.54, 1.807) is 18.5 Å². The number of hydrogen-bond acceptors (Lipinski definition) is 2. The number of fused-ring (bicyclic) bond motifs is 1. The van der Waals surface area contributed by atoms with Crippen LogP contribution in [0.5, 0.6) is 5.75 Å². The molecule has 3 N–H and O–H groups in total. The van der Waals surface area contributed by atoms with E-state index in [9.17, 15) is 0 Å². The summed E-state index contributed by atoms with van der Waals surface area (Å²) in [5.74, 6) is 2.53. The van der Waals surface area contributed by atoms with Crippen LogP contribution in [0.3, 0.4) is 0 Å². The van der Waals surface area contributed by atoms with Crippen LogP contribution in [-0.4, -0.2) is 20.1 Å². The van der Waals surface area contributed by atoms with Gasteiger partial charge in [-0.2, -0.15) is 0 Å². The second kappa shape index (κ2) is 14.3. The van der Waals surface area contributed by atoms with E-state index in [0.717, 1.165) is 31.1 Å². The van der Waals surface area contributed by atoms with Crippen molar-refractivity contribution in [3.05, 3.63) is 84.1 Å². The van der Waals surface area contributed by atoms with Gasteiger partial charge in [0.1, 0.15) is 5.75 Å². The van der Waals surface area contributed by atoms with E-state index in [1.807, 2.05) is 18.3 Å². The molecule has 4 rings (SSSR count). The van der Waals surface area contributed by atoms with Crippen LogP contribution >= 0.6 is 0 Å². The van der Waals surface area contributed by atoms with E-state index in [4.69, 9.17) is 5.11 Å². The molecule has 0 fully saturated rings. The molecule has 0 aliphatic carbocycles. The van der Waals surface area contributed by atoms with Crippen molar-refractivity contribution in [1.82, 2.24) is 15.0 Å². The highest BCUT2D eigenvalue weighted by atomic mass is 16.3. The average molecular weight is 462 g/mol. The van der Waals surface area contributed by atoms with Crippen molar-refractivity contribution < 1.29 is 5.11 Å². The lowest BCUT2D eigenvalue weighted by Crippen LogP contribution is -1.92. The first-order valence-electron chi connectivity index (χ1n) is 12.5. The molecule has 0 radical (unpaired) electrons. The molecule has 4 aromatic rings. The third-order valence-electron chi connectivity index (χ3n) is 5.43. The Balaban J connectivity index is 0.000000183. The maximum absolute atomic E-state index is 9.03. The first-order chi connectivity index (χ1) is 16.2. The van der Waals surface area contributed by atoms with Crippen LogP contribution in [0.25, 0.3) is 10.9 Å². The van der Waals surface area contributed by atoms with Gasteiger partial charge in [0.2, 0.25) is 0 Å². The van der Waals surface area contributed by atoms with Crippen molar-refractivity contribution in [2.24, 2.45) is 17.8 Å². The van der Waals surface area contributed by atoms with Gasteiger partial charge in [0.25, 0.3) is 0 Å². The van der Waals surface area contributed by atoms with Gasteiger partial charge in [-0.25, -0.2) is 4.98 Å². The van der Waals surface area contributed by atoms with Crippen molar-refractivity contribution in [3.63, 3.8) is 0 Å². The highest BCUT2D eigenvalue weighted by molar-refractivity contribution is 5.83. The van der Waals surface area contributed by atoms with E-state index in [0.29, 0.717) is 11.7 Å². The van der Waals surface area contributed by atoms with Gasteiger partial charge in [0.05, 0.1) is 6.33 Å². The van der Waals surface area contributed by atoms with Crippen LogP contribution in [0.4, 0.5) is 0 Å². The van der Waals surface area contributed by atoms with Gasteiger partial charge in [-0.1, -0.05) is 71.9 Å². The Kier molecular flexibility index (Phi) is 11.5. The normalized spacial score (nSPS) is 10.9. The predicted octanol–water partition coefficient (Wildman–Crippen LogP) is 7.96. The van der Waals surface area contributed by atoms with Gasteiger partial charge in [-0.05, 0) is 72.8 Å². The number of nitrogens with zero attached hydrogens (tertiary/aromatic N) is 1. The van der Waals surface area contributed by atoms with Crippen LogP contribution in [0.1, 0.15) is 64.8 Å². The van der Waals surface area contributed by atoms with Crippen molar-refractivity contribution >= 4 is 10.9 Å². The number of aromatic hydroxyl groups is 1. The van der Waals surface area contributed by atoms with Crippen LogP contribution in [0, 0.1) is 17.8 Å². The number of aromatic nitrogens is 3. The number of nitrogens with one attached hydrogen (secondary N) is 2. The van der Waals surface area contributed by atoms with Crippen LogP contribution in [0.15, 0.2) is 67.3 Å². The lowest BCUT2D eigenvalue weighted by Gasteiger charge is -2.04. The van der Waals surface area contributed by atoms with Crippen molar-refractivity contribution in [2.75, 3.05) is 0 Å². The first-order valence-corrected chi connectivity index (χ1v) is 12.5. The summed E-state index contributed by atoms with van der Waals surface area (Å²) >= 11 is 0. The Bertz CT molecular complexity index is 1040. The third kappa shape index (κ3) is 10.3. The number of imidazole rings is 1. The molecule has 0 saturated carbocycles. The summed E-state index contributed by atoms with van der Waals surface area (Å²) in [6.07, 6.45) is 10.3. The zero-order valence-corrected chi connectivity index (χ0v) is 21.8. The molecular weight excluding hydrogens is 418 g/mol. The van der Waals surface area contributed by atoms with Crippen LogP contribution < -0.4 is 0 Å². The topological polar surface area (TPSA) is 64.7 Å². The summed E-state index contributed by atoms with van der Waals surface area (Å²) in [4.78, 5) is 10.3. The lowest BCUT2D eigenvalue weighted by molar-refractivity contribution is 0.475. The van der Waals surface area contributed by atoms with Crippen LogP contribution in [-0.2, 0) is 19.3 Å². The average Bonchev–Trinajstić information content (AvgIpc) is 3.44. The molecule has 0 aliphatic rings. The fourth-order valence-corrected chi connectivity index (χ4v) is 3.69. The second-order valence-corrected chi connectivity index (χ2v) is 10.2. The summed E-state index contributed by atoms with van der Waals surface area (Å²) in [5.41, 5.74) is 5.22. The Labute approximate surface area is 205 Å². The van der Waals surface area contributed by atoms with E-state index in [2.05, 4.69) is 87.0 Å². The van der Waals surface area contributed by atoms with Gasteiger partial charge >= 0.3 is 0 Å². The largest absolute Gasteiger partial charge is 0.508 e. The smallest absolute Gasteiger partial charge is 0.115 e. The highest BCUT2D eigenvalue weighted by Crippen LogP contribution is 2.20. The number of hydrogen-bond donors (Lipinski definition) is 3. The Morgan fingerprint density at radius 3 is 2.06 bits per heavy atom. The number of benzene rings is 2. The minimum atomic E-state index is 0.350. The summed E-state index contributed by atoms with van der Waals surface area (Å²) < 4.78 is 0. The van der Waals surface area contributed by atoms with Gasteiger partial charge in [-0.3, -0.25) is 0 Å². The van der Waals surface area contributed by atoms with Gasteiger partial charge < -0.3 is 15.1 Å². The molecular formula is C30H43N3O. The molecule has 4 nitrogen and oxygen atoms in total. The summed E-state index contributed by atoms with van der Waals surface area (Å²) in [6.45, 7) is 13.3. The fourth-order valence-electron chi connectivity index (χ4n) is 3.69. The molecule has 0 amide bonds. The maximum atomic E-state index is 9.03. The van der Waals surface area contributed by atoms with Crippen molar-refractivity contribution in [1.29, 1.82) is 0 Å². The van der Waals surface area contributed by atoms with Crippen molar-refractivity contribution in [2.45, 2.75) is 67.2 Å². The van der Waals surface area contributed by atoms with Gasteiger partial charge in [0, 0.05) is 29.0 Å². The molecule has 0 saturated heterocycles. The fraction of sp³-hybridized carbons (Fsp3) is 0.433. The number of aromatic amines is 2. The number of phenols is 1. The summed E-state index contributed by atoms with van der Waals surface area (Å²) in [5, 5.41) is 10.4. The number of phenolic OH excluding ortho intramolecular Hbond substituents is 1. The minimum Gasteiger partial charge on any atom is -0.508 e. The zero-order chi connectivity index (χ0) is 24.9. The third-order valence-corrected chi connectivity index (χ3v) is 5.43. The highest BCUT2D eigenvalue weighted by Gasteiger charge is 2.04. The van der Waals surface area contributed by atoms with Gasteiger partial charge in [0.15, 0.2) is 0 Å². The zero-order valence-electron chi connectivity index (χ0n) is 21.8. The molecule has 2 heterocycles. The molecule has 184 valence electrons. The van der Waals surface area contributed by atoms with E-state index in [1.165, 1.54) is 34.1 Å². The van der Waals surface area contributed by atoms with Gasteiger partial charge in [-0.15, -0.1) is 0 Å². The Hall–Kier alpha value is -3.01. The van der Waals surface area contributed by atoms with E-state index < -0.39 is 0 Å². The standard InChI is InChI=1S/C12H15N.C11H16O.C7H12N2/c1-9(2)7-10-8-13-12-6-4-3-5-11(10)12;1-9(2)3-4-10-5-7-11(12)8-6-10;1-6(2)3-7-4-8-5-9-7/h3-6,8-9,13H,7H2,1-2H3;5-9,12H,3-4H2,1-2H3;4-6H,3H2,1-2H3,(H,8,9). The quantitative estimate of drug-likeness (QED) is 0.261. The van der Waals surface area contributed by atoms with Crippen LogP contribution in [0.2, 0.25) is 0 Å². The SMILES string of the molecule is CC(C)CCc1ccc(O)cc1.CC(C)Cc1c[nH]c2ccccc12.CC(C)Cc1cnc[nH]1. The Morgan fingerprint density at radius 2 is 1.47 bits per heavy atom. The lowest BCUT2D eigenvalue weighted by atomic mass is 10.0. The summed E-state index contributed by atoms with van der Waals surface area (Å²) in [6, 6.07) is 15.9.